The van der Waals surface area contributed by atoms with Crippen LogP contribution in [0.2, 0.25) is 0 Å². The predicted molar refractivity (Wildman–Crippen MR) is 79.0 cm³/mol. The van der Waals surface area contributed by atoms with Crippen LogP contribution in [0.3, 0.4) is 0 Å². The molecule has 3 rings (SSSR count). The lowest BCUT2D eigenvalue weighted by molar-refractivity contribution is 0.726. The van der Waals surface area contributed by atoms with Crippen LogP contribution in [-0.4, -0.2) is 32.8 Å². The average molecular weight is 272 g/mol. The predicted octanol–water partition coefficient (Wildman–Crippen LogP) is 1.93. The summed E-state index contributed by atoms with van der Waals surface area (Å²) in [7, 11) is 0. The first-order valence-corrected chi connectivity index (χ1v) is 7.14. The van der Waals surface area contributed by atoms with Gasteiger partial charge in [-0.2, -0.15) is 9.67 Å². The Kier molecular flexibility index (Phi) is 3.54. The normalized spacial score (nSPS) is 16.1. The summed E-state index contributed by atoms with van der Waals surface area (Å²) in [5.74, 6) is 1.83. The summed E-state index contributed by atoms with van der Waals surface area (Å²) in [6.07, 6.45) is 6.71. The summed E-state index contributed by atoms with van der Waals surface area (Å²) in [4.78, 5) is 10.9. The number of anilines is 2. The van der Waals surface area contributed by atoms with Gasteiger partial charge in [-0.25, -0.2) is 4.98 Å². The van der Waals surface area contributed by atoms with Gasteiger partial charge in [-0.1, -0.05) is 12.8 Å². The highest BCUT2D eigenvalue weighted by atomic mass is 15.5. The van der Waals surface area contributed by atoms with Crippen LogP contribution in [0.4, 0.5) is 11.9 Å². The summed E-state index contributed by atoms with van der Waals surface area (Å²) in [6, 6.07) is 3.91. The third kappa shape index (κ3) is 2.59. The summed E-state index contributed by atoms with van der Waals surface area (Å²) < 4.78 is 1.62. The molecule has 0 unspecified atom stereocenters. The Morgan fingerprint density at radius 1 is 1.15 bits per heavy atom. The van der Waals surface area contributed by atoms with E-state index < -0.39 is 0 Å². The van der Waals surface area contributed by atoms with Crippen LogP contribution in [-0.2, 0) is 0 Å². The van der Waals surface area contributed by atoms with Crippen LogP contribution in [0.25, 0.3) is 5.82 Å². The van der Waals surface area contributed by atoms with Crippen LogP contribution < -0.4 is 10.6 Å². The molecule has 0 radical (unpaired) electrons. The number of hydrogen-bond donors (Lipinski definition) is 1. The molecule has 0 amide bonds. The van der Waals surface area contributed by atoms with Crippen LogP contribution in [0.1, 0.15) is 31.2 Å². The van der Waals surface area contributed by atoms with Crippen molar-refractivity contribution in [2.24, 2.45) is 0 Å². The molecule has 1 saturated heterocycles. The SMILES string of the molecule is Cc1ccnc(-n2nc(N3CCCCCC3)nc2N)c1. The summed E-state index contributed by atoms with van der Waals surface area (Å²) in [6.45, 7) is 4.03. The fourth-order valence-electron chi connectivity index (χ4n) is 2.52. The maximum absolute atomic E-state index is 5.99. The third-order valence-corrected chi connectivity index (χ3v) is 3.63. The molecule has 0 bridgehead atoms. The number of nitrogens with zero attached hydrogens (tertiary/aromatic N) is 5. The quantitative estimate of drug-likeness (QED) is 0.904. The summed E-state index contributed by atoms with van der Waals surface area (Å²) >= 11 is 0. The molecule has 0 aliphatic carbocycles. The number of pyridine rings is 1. The molecule has 106 valence electrons. The van der Waals surface area contributed by atoms with Crippen molar-refractivity contribution in [3.8, 4) is 5.82 Å². The molecule has 6 nitrogen and oxygen atoms in total. The number of nitrogen functional groups attached to an aromatic ring is 1. The fraction of sp³-hybridized carbons (Fsp3) is 0.500. The molecule has 0 aromatic carbocycles. The van der Waals surface area contributed by atoms with Gasteiger partial charge in [0, 0.05) is 19.3 Å². The molecule has 2 aromatic rings. The Hall–Kier alpha value is -2.11. The highest BCUT2D eigenvalue weighted by Gasteiger charge is 2.17. The van der Waals surface area contributed by atoms with E-state index in [1.165, 1.54) is 25.7 Å². The van der Waals surface area contributed by atoms with Gasteiger partial charge < -0.3 is 10.6 Å². The van der Waals surface area contributed by atoms with Crippen LogP contribution in [0.15, 0.2) is 18.3 Å². The summed E-state index contributed by atoms with van der Waals surface area (Å²) in [5.41, 5.74) is 7.12. The van der Waals surface area contributed by atoms with Crippen molar-refractivity contribution in [3.63, 3.8) is 0 Å². The molecular weight excluding hydrogens is 252 g/mol. The van der Waals surface area contributed by atoms with Gasteiger partial charge in [-0.15, -0.1) is 5.10 Å². The molecule has 0 spiro atoms. The van der Waals surface area contributed by atoms with Gasteiger partial charge in [0.25, 0.3) is 0 Å². The topological polar surface area (TPSA) is 72.9 Å². The van der Waals surface area contributed by atoms with E-state index in [9.17, 15) is 0 Å². The molecule has 20 heavy (non-hydrogen) atoms. The third-order valence-electron chi connectivity index (χ3n) is 3.63. The molecular formula is C14H20N6. The fourth-order valence-corrected chi connectivity index (χ4v) is 2.52. The van der Waals surface area contributed by atoms with E-state index in [4.69, 9.17) is 5.73 Å². The molecule has 2 aromatic heterocycles. The Morgan fingerprint density at radius 2 is 1.90 bits per heavy atom. The first-order valence-electron chi connectivity index (χ1n) is 7.14. The van der Waals surface area contributed by atoms with E-state index in [1.807, 2.05) is 19.1 Å². The van der Waals surface area contributed by atoms with Crippen molar-refractivity contribution in [2.75, 3.05) is 23.7 Å². The first kappa shape index (κ1) is 12.9. The second-order valence-electron chi connectivity index (χ2n) is 5.27. The van der Waals surface area contributed by atoms with Gasteiger partial charge in [0.15, 0.2) is 5.82 Å². The highest BCUT2D eigenvalue weighted by Crippen LogP contribution is 2.19. The molecule has 2 N–H and O–H groups in total. The van der Waals surface area contributed by atoms with E-state index in [0.717, 1.165) is 24.5 Å². The molecule has 0 atom stereocenters. The van der Waals surface area contributed by atoms with E-state index in [0.29, 0.717) is 11.9 Å². The monoisotopic (exact) mass is 272 g/mol. The Labute approximate surface area is 118 Å². The maximum Gasteiger partial charge on any atom is 0.247 e. The van der Waals surface area contributed by atoms with Crippen molar-refractivity contribution in [1.82, 2.24) is 19.7 Å². The standard InChI is InChI=1S/C14H20N6/c1-11-6-7-16-12(10-11)20-13(15)17-14(18-20)19-8-4-2-3-5-9-19/h6-7,10H,2-5,8-9H2,1H3,(H2,15,17,18). The highest BCUT2D eigenvalue weighted by molar-refractivity contribution is 5.41. The Balaban J connectivity index is 1.90. The lowest BCUT2D eigenvalue weighted by Gasteiger charge is -2.17. The zero-order valence-corrected chi connectivity index (χ0v) is 11.8. The molecule has 3 heterocycles. The number of aromatic nitrogens is 4. The van der Waals surface area contributed by atoms with E-state index in [1.54, 1.807) is 10.9 Å². The molecule has 1 aliphatic rings. The van der Waals surface area contributed by atoms with E-state index in [-0.39, 0.29) is 0 Å². The van der Waals surface area contributed by atoms with Crippen molar-refractivity contribution < 1.29 is 0 Å². The van der Waals surface area contributed by atoms with Gasteiger partial charge >= 0.3 is 0 Å². The lowest BCUT2D eigenvalue weighted by atomic mass is 10.2. The molecule has 1 aliphatic heterocycles. The van der Waals surface area contributed by atoms with Crippen LogP contribution in [0, 0.1) is 6.92 Å². The minimum Gasteiger partial charge on any atom is -0.368 e. The maximum atomic E-state index is 5.99. The minimum absolute atomic E-state index is 0.391. The smallest absolute Gasteiger partial charge is 0.247 e. The van der Waals surface area contributed by atoms with Gasteiger partial charge in [-0.05, 0) is 37.5 Å². The van der Waals surface area contributed by atoms with Gasteiger partial charge in [-0.3, -0.25) is 0 Å². The number of nitrogens with two attached hydrogens (primary N) is 1. The van der Waals surface area contributed by atoms with E-state index >= 15 is 0 Å². The van der Waals surface area contributed by atoms with Gasteiger partial charge in [0.1, 0.15) is 0 Å². The number of hydrogen-bond acceptors (Lipinski definition) is 5. The lowest BCUT2D eigenvalue weighted by Crippen LogP contribution is -2.25. The zero-order valence-electron chi connectivity index (χ0n) is 11.8. The molecule has 6 heteroatoms. The second kappa shape index (κ2) is 5.48. The molecule has 0 saturated carbocycles. The first-order chi connectivity index (χ1) is 9.74. The number of aryl methyl sites for hydroxylation is 1. The Morgan fingerprint density at radius 3 is 2.60 bits per heavy atom. The zero-order chi connectivity index (χ0) is 13.9. The summed E-state index contributed by atoms with van der Waals surface area (Å²) in [5, 5.41) is 4.53. The average Bonchev–Trinajstić information content (AvgIpc) is 2.65. The van der Waals surface area contributed by atoms with Crippen molar-refractivity contribution in [1.29, 1.82) is 0 Å². The van der Waals surface area contributed by atoms with E-state index in [2.05, 4.69) is 20.0 Å². The van der Waals surface area contributed by atoms with Crippen molar-refractivity contribution in [3.05, 3.63) is 23.9 Å². The largest absolute Gasteiger partial charge is 0.368 e. The molecule has 1 fully saturated rings. The number of rotatable bonds is 2. The van der Waals surface area contributed by atoms with Crippen LogP contribution >= 0.6 is 0 Å². The van der Waals surface area contributed by atoms with Gasteiger partial charge in [0.05, 0.1) is 0 Å². The Bertz CT molecular complexity index is 583. The van der Waals surface area contributed by atoms with Crippen molar-refractivity contribution in [2.45, 2.75) is 32.6 Å². The van der Waals surface area contributed by atoms with Crippen LogP contribution in [0.5, 0.6) is 0 Å². The second-order valence-corrected chi connectivity index (χ2v) is 5.27. The van der Waals surface area contributed by atoms with Gasteiger partial charge in [0.2, 0.25) is 11.9 Å². The van der Waals surface area contributed by atoms with Crippen molar-refractivity contribution >= 4 is 11.9 Å². The minimum atomic E-state index is 0.391.